The average molecular weight is 492 g/mol. The summed E-state index contributed by atoms with van der Waals surface area (Å²) in [5.74, 6) is -0.976. The number of benzene rings is 2. The lowest BCUT2D eigenvalue weighted by Gasteiger charge is -2.20. The van der Waals surface area contributed by atoms with Crippen molar-refractivity contribution in [1.29, 1.82) is 0 Å². The van der Waals surface area contributed by atoms with Crippen molar-refractivity contribution in [3.63, 3.8) is 0 Å². The van der Waals surface area contributed by atoms with Gasteiger partial charge in [0.25, 0.3) is 11.8 Å². The average Bonchev–Trinajstić information content (AvgIpc) is 3.25. The molecule has 2 aromatic carbocycles. The zero-order chi connectivity index (χ0) is 23.2. The smallest absolute Gasteiger partial charge is 0.307 e. The van der Waals surface area contributed by atoms with E-state index in [1.54, 1.807) is 44.2 Å². The second-order valence-corrected chi connectivity index (χ2v) is 11.3. The van der Waals surface area contributed by atoms with E-state index in [9.17, 15) is 22.8 Å². The third kappa shape index (κ3) is 4.01. The van der Waals surface area contributed by atoms with Crippen LogP contribution >= 0.6 is 23.4 Å². The maximum Gasteiger partial charge on any atom is 0.332 e. The molecule has 1 unspecified atom stereocenters. The number of rotatable bonds is 4. The molecule has 2 aromatic rings. The monoisotopic (exact) mass is 491 g/mol. The van der Waals surface area contributed by atoms with Crippen molar-refractivity contribution in [3.8, 4) is 0 Å². The van der Waals surface area contributed by atoms with Crippen LogP contribution in [0.15, 0.2) is 47.4 Å². The van der Waals surface area contributed by atoms with E-state index < -0.39 is 32.5 Å². The number of carbonyl (C=O) groups excluding carboxylic acids is 3. The minimum absolute atomic E-state index is 0.0591. The van der Waals surface area contributed by atoms with E-state index in [1.165, 1.54) is 23.9 Å². The van der Waals surface area contributed by atoms with Gasteiger partial charge in [-0.2, -0.15) is 0 Å². The van der Waals surface area contributed by atoms with Crippen LogP contribution in [0.25, 0.3) is 0 Å². The minimum Gasteiger partial charge on any atom is -0.307 e. The van der Waals surface area contributed by atoms with Crippen LogP contribution in [0.4, 0.5) is 16.2 Å². The lowest BCUT2D eigenvalue weighted by molar-refractivity contribution is 0.0925. The van der Waals surface area contributed by atoms with Crippen molar-refractivity contribution >= 4 is 62.6 Å². The van der Waals surface area contributed by atoms with Crippen molar-refractivity contribution in [2.75, 3.05) is 10.2 Å². The summed E-state index contributed by atoms with van der Waals surface area (Å²) in [4.78, 5) is 39.7. The largest absolute Gasteiger partial charge is 0.332 e. The summed E-state index contributed by atoms with van der Waals surface area (Å²) >= 11 is 7.56. The van der Waals surface area contributed by atoms with Crippen LogP contribution in [0.3, 0.4) is 0 Å². The highest BCUT2D eigenvalue weighted by atomic mass is 35.5. The Labute approximate surface area is 194 Å². The zero-order valence-electron chi connectivity index (χ0n) is 17.0. The SMILES string of the molecule is CC1=CCC(S(=O)(=O)NC(=O)Nc2cc(C)c(N3C(=O)c4ccccc4C3=O)c(Cl)c2)S1. The molecule has 1 atom stereocenters. The number of nitrogens with zero attached hydrogens (tertiary/aromatic N) is 1. The van der Waals surface area contributed by atoms with E-state index in [1.807, 2.05) is 4.72 Å². The molecule has 0 aliphatic carbocycles. The summed E-state index contributed by atoms with van der Waals surface area (Å²) in [7, 11) is -3.88. The zero-order valence-corrected chi connectivity index (χ0v) is 19.4. The molecule has 11 heteroatoms. The molecular weight excluding hydrogens is 474 g/mol. The number of carbonyl (C=O) groups is 3. The van der Waals surface area contributed by atoms with Crippen molar-refractivity contribution in [1.82, 2.24) is 4.72 Å². The Morgan fingerprint density at radius 2 is 1.75 bits per heavy atom. The minimum atomic E-state index is -3.88. The molecule has 0 saturated heterocycles. The topological polar surface area (TPSA) is 113 Å². The van der Waals surface area contributed by atoms with E-state index >= 15 is 0 Å². The maximum atomic E-state index is 12.8. The Bertz CT molecular complexity index is 1250. The number of imide groups is 1. The second kappa shape index (κ2) is 8.27. The van der Waals surface area contributed by atoms with Crippen LogP contribution in [0.5, 0.6) is 0 Å². The van der Waals surface area contributed by atoms with Gasteiger partial charge in [0.05, 0.1) is 21.8 Å². The fourth-order valence-electron chi connectivity index (χ4n) is 3.59. The number of anilines is 2. The molecule has 8 nitrogen and oxygen atoms in total. The lowest BCUT2D eigenvalue weighted by atomic mass is 10.1. The first-order chi connectivity index (χ1) is 15.1. The quantitative estimate of drug-likeness (QED) is 0.617. The summed E-state index contributed by atoms with van der Waals surface area (Å²) in [5, 5.41) is 2.50. The Hall–Kier alpha value is -2.82. The van der Waals surface area contributed by atoms with Gasteiger partial charge in [-0.3, -0.25) is 9.59 Å². The number of allylic oxidation sites excluding steroid dienone is 2. The molecule has 166 valence electrons. The molecular formula is C21H18ClN3O5S2. The number of fused-ring (bicyclic) bond motifs is 1. The Morgan fingerprint density at radius 3 is 2.28 bits per heavy atom. The van der Waals surface area contributed by atoms with Gasteiger partial charge in [0.1, 0.15) is 4.58 Å². The number of halogens is 1. The number of amides is 4. The van der Waals surface area contributed by atoms with E-state index in [4.69, 9.17) is 11.6 Å². The van der Waals surface area contributed by atoms with Gasteiger partial charge in [0, 0.05) is 5.69 Å². The van der Waals surface area contributed by atoms with Gasteiger partial charge in [-0.05, 0) is 55.0 Å². The van der Waals surface area contributed by atoms with Crippen molar-refractivity contribution in [2.45, 2.75) is 24.9 Å². The number of aryl methyl sites for hydroxylation is 1. The molecule has 2 N–H and O–H groups in total. The molecule has 0 aromatic heterocycles. The van der Waals surface area contributed by atoms with Gasteiger partial charge in [-0.1, -0.05) is 29.8 Å². The summed E-state index contributed by atoms with van der Waals surface area (Å²) in [5.41, 5.74) is 1.45. The number of sulfonamides is 1. The van der Waals surface area contributed by atoms with E-state index in [-0.39, 0.29) is 27.5 Å². The highest BCUT2D eigenvalue weighted by Crippen LogP contribution is 2.38. The molecule has 0 radical (unpaired) electrons. The van der Waals surface area contributed by atoms with Crippen LogP contribution in [0.2, 0.25) is 5.02 Å². The van der Waals surface area contributed by atoms with Gasteiger partial charge >= 0.3 is 6.03 Å². The number of urea groups is 1. The molecule has 0 spiro atoms. The van der Waals surface area contributed by atoms with Gasteiger partial charge in [-0.25, -0.2) is 22.8 Å². The van der Waals surface area contributed by atoms with Gasteiger partial charge in [0.15, 0.2) is 0 Å². The van der Waals surface area contributed by atoms with Crippen LogP contribution in [0, 0.1) is 6.92 Å². The maximum absolute atomic E-state index is 12.8. The molecule has 0 fully saturated rings. The van der Waals surface area contributed by atoms with Crippen LogP contribution in [0.1, 0.15) is 39.6 Å². The van der Waals surface area contributed by atoms with Crippen molar-refractivity contribution in [2.24, 2.45) is 0 Å². The molecule has 4 amide bonds. The van der Waals surface area contributed by atoms with Gasteiger partial charge in [-0.15, -0.1) is 11.8 Å². The predicted molar refractivity (Wildman–Crippen MR) is 125 cm³/mol. The molecule has 32 heavy (non-hydrogen) atoms. The molecule has 2 aliphatic rings. The summed E-state index contributed by atoms with van der Waals surface area (Å²) in [6, 6.07) is 8.41. The van der Waals surface area contributed by atoms with Crippen LogP contribution in [-0.4, -0.2) is 30.8 Å². The molecule has 4 rings (SSSR count). The predicted octanol–water partition coefficient (Wildman–Crippen LogP) is 4.27. The third-order valence-electron chi connectivity index (χ3n) is 5.03. The highest BCUT2D eigenvalue weighted by molar-refractivity contribution is 8.15. The Morgan fingerprint density at radius 1 is 1.12 bits per heavy atom. The Balaban J connectivity index is 1.53. The fraction of sp³-hybridized carbons (Fsp3) is 0.190. The summed E-state index contributed by atoms with van der Waals surface area (Å²) in [6.07, 6.45) is 2.12. The van der Waals surface area contributed by atoms with E-state index in [2.05, 4.69) is 5.32 Å². The number of thioether (sulfide) groups is 1. The Kier molecular flexibility index (Phi) is 5.78. The van der Waals surface area contributed by atoms with E-state index in [0.717, 1.165) is 9.81 Å². The first-order valence-corrected chi connectivity index (χ1v) is 12.3. The first kappa shape index (κ1) is 22.4. The normalized spacial score (nSPS) is 17.9. The second-order valence-electron chi connectivity index (χ2n) is 7.31. The standard InChI is InChI=1S/C21H18ClN3O5S2/c1-11-9-13(23-21(28)24-32(29,30)17-8-7-12(2)31-17)10-16(22)18(11)25-19(26)14-5-3-4-6-15(14)20(25)27/h3-7,9-10,17H,8H2,1-2H3,(H2,23,24,28). The van der Waals surface area contributed by atoms with Gasteiger partial charge in [0.2, 0.25) is 10.0 Å². The van der Waals surface area contributed by atoms with Crippen LogP contribution in [-0.2, 0) is 10.0 Å². The van der Waals surface area contributed by atoms with Crippen molar-refractivity contribution < 1.29 is 22.8 Å². The van der Waals surface area contributed by atoms with Crippen LogP contribution < -0.4 is 14.9 Å². The number of hydrogen-bond acceptors (Lipinski definition) is 6. The van der Waals surface area contributed by atoms with Crippen molar-refractivity contribution in [3.05, 3.63) is 69.1 Å². The molecule has 0 saturated carbocycles. The molecule has 2 heterocycles. The van der Waals surface area contributed by atoms with Gasteiger partial charge < -0.3 is 5.32 Å². The fourth-order valence-corrected chi connectivity index (χ4v) is 6.64. The molecule has 0 bridgehead atoms. The first-order valence-electron chi connectivity index (χ1n) is 9.52. The highest BCUT2D eigenvalue weighted by Gasteiger charge is 2.38. The lowest BCUT2D eigenvalue weighted by Crippen LogP contribution is -2.39. The number of nitrogens with one attached hydrogen (secondary N) is 2. The third-order valence-corrected chi connectivity index (χ3v) is 8.71. The summed E-state index contributed by atoms with van der Waals surface area (Å²) < 4.78 is 26.0. The number of hydrogen-bond donors (Lipinski definition) is 2. The van der Waals surface area contributed by atoms with E-state index in [0.29, 0.717) is 12.0 Å². The summed E-state index contributed by atoms with van der Waals surface area (Å²) in [6.45, 7) is 3.44. The molecule has 2 aliphatic heterocycles.